The van der Waals surface area contributed by atoms with Gasteiger partial charge >= 0.3 is 5.69 Å². The van der Waals surface area contributed by atoms with Crippen LogP contribution >= 0.6 is 0 Å². The quantitative estimate of drug-likeness (QED) is 0.474. The summed E-state index contributed by atoms with van der Waals surface area (Å²) < 4.78 is 0. The lowest BCUT2D eigenvalue weighted by Crippen LogP contribution is -2.46. The van der Waals surface area contributed by atoms with Gasteiger partial charge in [-0.1, -0.05) is 6.07 Å². The smallest absolute Gasteiger partial charge is 0.315 e. The van der Waals surface area contributed by atoms with Gasteiger partial charge in [0, 0.05) is 13.1 Å². The highest BCUT2D eigenvalue weighted by molar-refractivity contribution is 5.84. The Hall–Kier alpha value is -2.31. The van der Waals surface area contributed by atoms with E-state index in [0.717, 1.165) is 12.8 Å². The summed E-state index contributed by atoms with van der Waals surface area (Å²) >= 11 is 0. The summed E-state index contributed by atoms with van der Waals surface area (Å²) in [4.78, 5) is 24.5. The van der Waals surface area contributed by atoms with Gasteiger partial charge in [-0.15, -0.1) is 0 Å². The van der Waals surface area contributed by atoms with Crippen LogP contribution in [0, 0.1) is 16.0 Å². The first kappa shape index (κ1) is 12.7. The van der Waals surface area contributed by atoms with Gasteiger partial charge in [0.05, 0.1) is 16.9 Å². The van der Waals surface area contributed by atoms with Crippen LogP contribution in [0.25, 0.3) is 0 Å². The van der Waals surface area contributed by atoms with Crippen molar-refractivity contribution < 1.29 is 9.72 Å². The second-order valence-corrected chi connectivity index (χ2v) is 5.23. The Balaban J connectivity index is 2.02. The number of hydrogen-bond donors (Lipinski definition) is 2. The molecule has 7 heteroatoms. The first-order valence-electron chi connectivity index (χ1n) is 6.67. The molecular weight excluding hydrogens is 260 g/mol. The SMILES string of the molecule is Nc1cccc(N2CCCC3C(=O)NCC32)c1[N+](=O)[O-]. The highest BCUT2D eigenvalue weighted by Gasteiger charge is 2.42. The molecule has 1 aromatic carbocycles. The van der Waals surface area contributed by atoms with E-state index in [-0.39, 0.29) is 29.2 Å². The minimum atomic E-state index is -0.446. The van der Waals surface area contributed by atoms with Crippen LogP contribution in [0.5, 0.6) is 0 Å². The van der Waals surface area contributed by atoms with Crippen LogP contribution in [0.15, 0.2) is 18.2 Å². The van der Waals surface area contributed by atoms with E-state index in [9.17, 15) is 14.9 Å². The number of nitro groups is 1. The molecule has 3 rings (SSSR count). The first-order chi connectivity index (χ1) is 9.59. The molecule has 1 aromatic rings. The third-order valence-electron chi connectivity index (χ3n) is 4.14. The summed E-state index contributed by atoms with van der Waals surface area (Å²) in [5.74, 6) is -0.0314. The topological polar surface area (TPSA) is 102 Å². The minimum absolute atomic E-state index is 0.0169. The number of nitrogen functional groups attached to an aromatic ring is 1. The number of carbonyl (C=O) groups excluding carboxylic acids is 1. The van der Waals surface area contributed by atoms with E-state index >= 15 is 0 Å². The molecule has 2 saturated heterocycles. The number of hydrogen-bond acceptors (Lipinski definition) is 5. The van der Waals surface area contributed by atoms with E-state index in [0.29, 0.717) is 18.8 Å². The van der Waals surface area contributed by atoms with E-state index in [1.54, 1.807) is 12.1 Å². The lowest BCUT2D eigenvalue weighted by atomic mass is 9.91. The van der Waals surface area contributed by atoms with Crippen molar-refractivity contribution in [3.63, 3.8) is 0 Å². The molecule has 0 bridgehead atoms. The van der Waals surface area contributed by atoms with Crippen molar-refractivity contribution in [2.24, 2.45) is 5.92 Å². The van der Waals surface area contributed by atoms with Crippen molar-refractivity contribution in [3.05, 3.63) is 28.3 Å². The van der Waals surface area contributed by atoms with Crippen LogP contribution < -0.4 is 16.0 Å². The third kappa shape index (κ3) is 1.86. The number of nitrogens with one attached hydrogen (secondary N) is 1. The van der Waals surface area contributed by atoms with Gasteiger partial charge in [-0.3, -0.25) is 14.9 Å². The summed E-state index contributed by atoms with van der Waals surface area (Å²) in [5.41, 5.74) is 6.35. The fourth-order valence-electron chi connectivity index (χ4n) is 3.23. The van der Waals surface area contributed by atoms with E-state index in [4.69, 9.17) is 5.73 Å². The van der Waals surface area contributed by atoms with Crippen LogP contribution in [0.4, 0.5) is 17.1 Å². The molecule has 2 aliphatic heterocycles. The van der Waals surface area contributed by atoms with Gasteiger partial charge in [0.1, 0.15) is 11.4 Å². The Morgan fingerprint density at radius 1 is 1.45 bits per heavy atom. The Labute approximate surface area is 115 Å². The molecule has 20 heavy (non-hydrogen) atoms. The molecule has 0 saturated carbocycles. The third-order valence-corrected chi connectivity index (χ3v) is 4.14. The standard InChI is InChI=1S/C13H16N4O3/c14-9-4-1-5-10(12(9)17(19)20)16-6-2-3-8-11(16)7-15-13(8)18/h1,4-5,8,11H,2-3,6-7,14H2,(H,15,18). The number of amides is 1. The summed E-state index contributed by atoms with van der Waals surface area (Å²) in [5, 5.41) is 14.1. The Bertz CT molecular complexity index is 575. The minimum Gasteiger partial charge on any atom is -0.393 e. The molecular formula is C13H16N4O3. The molecule has 2 fully saturated rings. The molecule has 2 heterocycles. The van der Waals surface area contributed by atoms with Gasteiger partial charge in [-0.05, 0) is 25.0 Å². The zero-order chi connectivity index (χ0) is 14.3. The number of nitrogens with zero attached hydrogens (tertiary/aromatic N) is 2. The number of para-hydroxylation sites is 1. The Morgan fingerprint density at radius 2 is 2.25 bits per heavy atom. The van der Waals surface area contributed by atoms with Gasteiger partial charge in [0.2, 0.25) is 5.91 Å². The maximum Gasteiger partial charge on any atom is 0.315 e. The van der Waals surface area contributed by atoms with Gasteiger partial charge in [0.25, 0.3) is 0 Å². The zero-order valence-electron chi connectivity index (χ0n) is 10.9. The lowest BCUT2D eigenvalue weighted by Gasteiger charge is -2.37. The zero-order valence-corrected chi connectivity index (χ0v) is 10.9. The van der Waals surface area contributed by atoms with Gasteiger partial charge in [-0.25, -0.2) is 0 Å². The van der Waals surface area contributed by atoms with Crippen molar-refractivity contribution >= 4 is 23.0 Å². The van der Waals surface area contributed by atoms with Crippen molar-refractivity contribution in [2.75, 3.05) is 23.7 Å². The van der Waals surface area contributed by atoms with Crippen molar-refractivity contribution in [2.45, 2.75) is 18.9 Å². The van der Waals surface area contributed by atoms with Crippen molar-refractivity contribution in [3.8, 4) is 0 Å². The van der Waals surface area contributed by atoms with Gasteiger partial charge < -0.3 is 16.0 Å². The number of carbonyl (C=O) groups is 1. The summed E-state index contributed by atoms with van der Waals surface area (Å²) in [6, 6.07) is 4.93. The number of fused-ring (bicyclic) bond motifs is 1. The molecule has 7 nitrogen and oxygen atoms in total. The predicted molar refractivity (Wildman–Crippen MR) is 74.4 cm³/mol. The molecule has 0 spiro atoms. The highest BCUT2D eigenvalue weighted by Crippen LogP contribution is 2.39. The predicted octanol–water partition coefficient (Wildman–Crippen LogP) is 0.892. The number of rotatable bonds is 2. The van der Waals surface area contributed by atoms with Crippen molar-refractivity contribution in [1.82, 2.24) is 5.32 Å². The van der Waals surface area contributed by atoms with E-state index in [2.05, 4.69) is 5.32 Å². The first-order valence-corrected chi connectivity index (χ1v) is 6.67. The maximum atomic E-state index is 11.8. The molecule has 2 aliphatic rings. The van der Waals surface area contributed by atoms with E-state index < -0.39 is 4.92 Å². The number of piperidine rings is 1. The number of nitro benzene ring substituents is 1. The molecule has 1 amide bonds. The average molecular weight is 276 g/mol. The Kier molecular flexibility index (Phi) is 2.96. The maximum absolute atomic E-state index is 11.8. The average Bonchev–Trinajstić information content (AvgIpc) is 2.80. The normalized spacial score (nSPS) is 25.2. The summed E-state index contributed by atoms with van der Waals surface area (Å²) in [6.07, 6.45) is 1.68. The number of nitrogens with two attached hydrogens (primary N) is 1. The fraction of sp³-hybridized carbons (Fsp3) is 0.462. The number of anilines is 2. The highest BCUT2D eigenvalue weighted by atomic mass is 16.6. The van der Waals surface area contributed by atoms with Crippen LogP contribution in [0.3, 0.4) is 0 Å². The van der Waals surface area contributed by atoms with Crippen LogP contribution in [-0.2, 0) is 4.79 Å². The van der Waals surface area contributed by atoms with Crippen LogP contribution in [0.2, 0.25) is 0 Å². The molecule has 0 radical (unpaired) electrons. The molecule has 0 aromatic heterocycles. The van der Waals surface area contributed by atoms with Gasteiger partial charge in [-0.2, -0.15) is 0 Å². The molecule has 3 N–H and O–H groups in total. The second-order valence-electron chi connectivity index (χ2n) is 5.23. The fourth-order valence-corrected chi connectivity index (χ4v) is 3.23. The van der Waals surface area contributed by atoms with Gasteiger partial charge in [0.15, 0.2) is 0 Å². The molecule has 0 aliphatic carbocycles. The van der Waals surface area contributed by atoms with Crippen LogP contribution in [-0.4, -0.2) is 30.0 Å². The Morgan fingerprint density at radius 3 is 3.00 bits per heavy atom. The van der Waals surface area contributed by atoms with E-state index in [1.807, 2.05) is 4.90 Å². The largest absolute Gasteiger partial charge is 0.393 e. The van der Waals surface area contributed by atoms with Crippen molar-refractivity contribution in [1.29, 1.82) is 0 Å². The summed E-state index contributed by atoms with van der Waals surface area (Å²) in [6.45, 7) is 1.25. The van der Waals surface area contributed by atoms with Crippen LogP contribution in [0.1, 0.15) is 12.8 Å². The lowest BCUT2D eigenvalue weighted by molar-refractivity contribution is -0.383. The van der Waals surface area contributed by atoms with E-state index in [1.165, 1.54) is 6.07 Å². The second kappa shape index (κ2) is 4.66. The molecule has 2 atom stereocenters. The summed E-state index contributed by atoms with van der Waals surface area (Å²) in [7, 11) is 0. The monoisotopic (exact) mass is 276 g/mol. The number of benzene rings is 1. The molecule has 2 unspecified atom stereocenters. The molecule has 106 valence electrons.